The van der Waals surface area contributed by atoms with Crippen LogP contribution in [0.15, 0.2) is 36.4 Å². The Morgan fingerprint density at radius 2 is 2.00 bits per heavy atom. The van der Waals surface area contributed by atoms with Crippen molar-refractivity contribution in [3.63, 3.8) is 0 Å². The van der Waals surface area contributed by atoms with Crippen LogP contribution in [-0.2, 0) is 11.2 Å². The fourth-order valence-corrected chi connectivity index (χ4v) is 1.98. The van der Waals surface area contributed by atoms with Gasteiger partial charge in [0.1, 0.15) is 6.29 Å². The van der Waals surface area contributed by atoms with Crippen LogP contribution in [0.1, 0.15) is 5.56 Å². The van der Waals surface area contributed by atoms with Gasteiger partial charge in [-0.05, 0) is 23.8 Å². The summed E-state index contributed by atoms with van der Waals surface area (Å²) in [5.74, 6) is -0.498. The Bertz CT molecular complexity index is 598. The Kier molecular flexibility index (Phi) is 3.63. The summed E-state index contributed by atoms with van der Waals surface area (Å²) in [7, 11) is 0. The summed E-state index contributed by atoms with van der Waals surface area (Å²) in [5.41, 5.74) is 7.27. The van der Waals surface area contributed by atoms with Crippen molar-refractivity contribution in [2.45, 2.75) is 6.42 Å². The van der Waals surface area contributed by atoms with Gasteiger partial charge in [-0.25, -0.2) is 4.39 Å². The molecule has 2 aromatic rings. The largest absolute Gasteiger partial charge is 0.396 e. The van der Waals surface area contributed by atoms with E-state index < -0.39 is 5.82 Å². The highest BCUT2D eigenvalue weighted by atomic mass is 35.5. The number of nitrogens with two attached hydrogens (primary N) is 1. The summed E-state index contributed by atoms with van der Waals surface area (Å²) < 4.78 is 13.9. The molecule has 0 unspecified atom stereocenters. The predicted molar refractivity (Wildman–Crippen MR) is 71.0 cm³/mol. The Balaban J connectivity index is 2.58. The van der Waals surface area contributed by atoms with Crippen molar-refractivity contribution >= 4 is 23.6 Å². The number of nitrogen functional groups attached to an aromatic ring is 1. The van der Waals surface area contributed by atoms with Gasteiger partial charge in [0.15, 0.2) is 5.82 Å². The third-order valence-corrected chi connectivity index (χ3v) is 3.00. The molecular formula is C14H11ClFNO. The smallest absolute Gasteiger partial charge is 0.153 e. The van der Waals surface area contributed by atoms with Crippen molar-refractivity contribution in [2.75, 3.05) is 5.73 Å². The van der Waals surface area contributed by atoms with Gasteiger partial charge in [0, 0.05) is 22.6 Å². The SMILES string of the molecule is Nc1cccc(-c2cc(CC=O)ccc2Cl)c1F. The molecule has 0 saturated heterocycles. The van der Waals surface area contributed by atoms with Gasteiger partial charge in [0.2, 0.25) is 0 Å². The lowest BCUT2D eigenvalue weighted by atomic mass is 10.0. The first-order valence-electron chi connectivity index (χ1n) is 5.40. The molecule has 0 aliphatic carbocycles. The molecule has 2 rings (SSSR count). The molecule has 0 amide bonds. The number of hydrogen-bond acceptors (Lipinski definition) is 2. The molecule has 2 aromatic carbocycles. The molecule has 2 nitrogen and oxygen atoms in total. The summed E-state index contributed by atoms with van der Waals surface area (Å²) in [5, 5.41) is 0.425. The Morgan fingerprint density at radius 3 is 2.72 bits per heavy atom. The van der Waals surface area contributed by atoms with E-state index in [1.807, 2.05) is 0 Å². The number of carbonyl (C=O) groups excluding carboxylic acids is 1. The maximum Gasteiger partial charge on any atom is 0.153 e. The van der Waals surface area contributed by atoms with E-state index in [1.165, 1.54) is 6.07 Å². The Morgan fingerprint density at radius 1 is 1.22 bits per heavy atom. The van der Waals surface area contributed by atoms with Crippen molar-refractivity contribution in [3.8, 4) is 11.1 Å². The molecule has 0 aromatic heterocycles. The number of halogens is 2. The summed E-state index contributed by atoms with van der Waals surface area (Å²) in [6.45, 7) is 0. The van der Waals surface area contributed by atoms with Crippen LogP contribution in [-0.4, -0.2) is 6.29 Å². The average Bonchev–Trinajstić information content (AvgIpc) is 2.36. The fraction of sp³-hybridized carbons (Fsp3) is 0.0714. The van der Waals surface area contributed by atoms with Crippen molar-refractivity contribution in [1.82, 2.24) is 0 Å². The van der Waals surface area contributed by atoms with Crippen molar-refractivity contribution in [2.24, 2.45) is 0 Å². The second-order valence-electron chi connectivity index (χ2n) is 3.89. The van der Waals surface area contributed by atoms with E-state index >= 15 is 0 Å². The van der Waals surface area contributed by atoms with Gasteiger partial charge in [-0.3, -0.25) is 0 Å². The lowest BCUT2D eigenvalue weighted by Crippen LogP contribution is -1.94. The van der Waals surface area contributed by atoms with Gasteiger partial charge < -0.3 is 10.5 Å². The molecule has 0 saturated carbocycles. The molecule has 0 spiro atoms. The highest BCUT2D eigenvalue weighted by Crippen LogP contribution is 2.32. The molecule has 0 aliphatic heterocycles. The fourth-order valence-electron chi connectivity index (χ4n) is 1.76. The van der Waals surface area contributed by atoms with E-state index in [4.69, 9.17) is 17.3 Å². The highest BCUT2D eigenvalue weighted by Gasteiger charge is 2.11. The lowest BCUT2D eigenvalue weighted by molar-refractivity contribution is -0.107. The van der Waals surface area contributed by atoms with Crippen LogP contribution in [0.3, 0.4) is 0 Å². The zero-order valence-electron chi connectivity index (χ0n) is 9.49. The zero-order valence-corrected chi connectivity index (χ0v) is 10.2. The predicted octanol–water partition coefficient (Wildman–Crippen LogP) is 3.47. The molecule has 0 radical (unpaired) electrons. The van der Waals surface area contributed by atoms with Crippen LogP contribution in [0, 0.1) is 5.82 Å². The number of aldehydes is 1. The number of hydrogen-bond donors (Lipinski definition) is 1. The number of benzene rings is 2. The molecule has 0 fully saturated rings. The van der Waals surface area contributed by atoms with Gasteiger partial charge in [-0.15, -0.1) is 0 Å². The first-order chi connectivity index (χ1) is 8.63. The van der Waals surface area contributed by atoms with E-state index in [0.29, 0.717) is 16.1 Å². The minimum Gasteiger partial charge on any atom is -0.396 e. The first-order valence-corrected chi connectivity index (χ1v) is 5.77. The molecular weight excluding hydrogens is 253 g/mol. The molecule has 0 bridgehead atoms. The summed E-state index contributed by atoms with van der Waals surface area (Å²) in [6, 6.07) is 9.85. The Labute approximate surface area is 109 Å². The number of anilines is 1. The molecule has 18 heavy (non-hydrogen) atoms. The van der Waals surface area contributed by atoms with E-state index in [2.05, 4.69) is 0 Å². The maximum absolute atomic E-state index is 13.9. The van der Waals surface area contributed by atoms with Gasteiger partial charge in [0.25, 0.3) is 0 Å². The standard InChI is InChI=1S/C14H11ClFNO/c15-12-5-4-9(6-7-18)8-11(12)10-2-1-3-13(17)14(10)16/h1-5,7-8H,6,17H2. The molecule has 92 valence electrons. The van der Waals surface area contributed by atoms with E-state index in [0.717, 1.165) is 11.8 Å². The zero-order chi connectivity index (χ0) is 13.1. The average molecular weight is 264 g/mol. The first kappa shape index (κ1) is 12.6. The normalized spacial score (nSPS) is 10.3. The second-order valence-corrected chi connectivity index (χ2v) is 4.30. The van der Waals surface area contributed by atoms with Gasteiger partial charge in [-0.2, -0.15) is 0 Å². The van der Waals surface area contributed by atoms with Crippen LogP contribution in [0.2, 0.25) is 5.02 Å². The molecule has 0 heterocycles. The van der Waals surface area contributed by atoms with Gasteiger partial charge in [0.05, 0.1) is 5.69 Å². The van der Waals surface area contributed by atoms with Crippen LogP contribution in [0.25, 0.3) is 11.1 Å². The van der Waals surface area contributed by atoms with Crippen molar-refractivity contribution in [3.05, 3.63) is 52.8 Å². The Hall–Kier alpha value is -1.87. The van der Waals surface area contributed by atoms with Gasteiger partial charge >= 0.3 is 0 Å². The molecule has 4 heteroatoms. The third kappa shape index (κ3) is 2.36. The van der Waals surface area contributed by atoms with Crippen molar-refractivity contribution < 1.29 is 9.18 Å². The lowest BCUT2D eigenvalue weighted by Gasteiger charge is -2.09. The third-order valence-electron chi connectivity index (χ3n) is 2.67. The van der Waals surface area contributed by atoms with Gasteiger partial charge in [-0.1, -0.05) is 29.8 Å². The van der Waals surface area contributed by atoms with Crippen LogP contribution in [0.4, 0.5) is 10.1 Å². The number of carbonyl (C=O) groups is 1. The summed E-state index contributed by atoms with van der Waals surface area (Å²) >= 11 is 6.06. The summed E-state index contributed by atoms with van der Waals surface area (Å²) in [6.07, 6.45) is 1.07. The molecule has 0 atom stereocenters. The highest BCUT2D eigenvalue weighted by molar-refractivity contribution is 6.33. The van der Waals surface area contributed by atoms with Crippen molar-refractivity contribution in [1.29, 1.82) is 0 Å². The van der Waals surface area contributed by atoms with E-state index in [1.54, 1.807) is 30.3 Å². The number of rotatable bonds is 3. The van der Waals surface area contributed by atoms with Crippen LogP contribution < -0.4 is 5.73 Å². The molecule has 0 aliphatic rings. The van der Waals surface area contributed by atoms with E-state index in [-0.39, 0.29) is 12.1 Å². The second kappa shape index (κ2) is 5.19. The topological polar surface area (TPSA) is 43.1 Å². The quantitative estimate of drug-likeness (QED) is 0.681. The minimum atomic E-state index is -0.498. The van der Waals surface area contributed by atoms with Crippen LogP contribution >= 0.6 is 11.6 Å². The summed E-state index contributed by atoms with van der Waals surface area (Å²) in [4.78, 5) is 10.5. The molecule has 2 N–H and O–H groups in total. The minimum absolute atomic E-state index is 0.0735. The maximum atomic E-state index is 13.9. The van der Waals surface area contributed by atoms with E-state index in [9.17, 15) is 9.18 Å². The monoisotopic (exact) mass is 263 g/mol. The van der Waals surface area contributed by atoms with Crippen LogP contribution in [0.5, 0.6) is 0 Å².